The van der Waals surface area contributed by atoms with Crippen LogP contribution >= 0.6 is 0 Å². The van der Waals surface area contributed by atoms with E-state index in [0.717, 1.165) is 43.5 Å². The Bertz CT molecular complexity index is 314. The normalized spacial score (nSPS) is 31.0. The molecular weight excluding hydrogens is 272 g/mol. The maximum absolute atomic E-state index is 6.11. The van der Waals surface area contributed by atoms with Crippen molar-refractivity contribution in [2.75, 3.05) is 19.8 Å². The lowest BCUT2D eigenvalue weighted by Gasteiger charge is -2.37. The zero-order valence-corrected chi connectivity index (χ0v) is 15.6. The van der Waals surface area contributed by atoms with Crippen LogP contribution in [0.25, 0.3) is 0 Å². The van der Waals surface area contributed by atoms with Gasteiger partial charge in [0.1, 0.15) is 0 Å². The molecule has 4 atom stereocenters. The number of hydrogen-bond donors (Lipinski definition) is 0. The fraction of sp³-hybridized carbons (Fsp3) is 1.00. The van der Waals surface area contributed by atoms with Crippen LogP contribution in [0.15, 0.2) is 0 Å². The summed E-state index contributed by atoms with van der Waals surface area (Å²) in [4.78, 5) is 0. The standard InChI is InChI=1S/C20H38O2/c1-15(16(2)18-7-9-21-10-8-18)12-19-13-17(6-11-22-19)14-20(3,4)5/h15-19H,6-14H2,1-5H3. The van der Waals surface area contributed by atoms with Crippen LogP contribution in [0.2, 0.25) is 0 Å². The highest BCUT2D eigenvalue weighted by Crippen LogP contribution is 2.36. The summed E-state index contributed by atoms with van der Waals surface area (Å²) in [5, 5.41) is 0. The van der Waals surface area contributed by atoms with E-state index in [-0.39, 0.29) is 0 Å². The summed E-state index contributed by atoms with van der Waals surface area (Å²) in [6, 6.07) is 0. The summed E-state index contributed by atoms with van der Waals surface area (Å²) >= 11 is 0. The van der Waals surface area contributed by atoms with Gasteiger partial charge in [0.15, 0.2) is 0 Å². The first kappa shape index (κ1) is 18.3. The third-order valence-corrected chi connectivity index (χ3v) is 5.92. The summed E-state index contributed by atoms with van der Waals surface area (Å²) in [6.07, 6.45) is 8.14. The second kappa shape index (κ2) is 8.15. The Labute approximate surface area is 138 Å². The lowest BCUT2D eigenvalue weighted by molar-refractivity contribution is -0.0365. The molecule has 0 radical (unpaired) electrons. The third-order valence-electron chi connectivity index (χ3n) is 5.92. The molecule has 2 heteroatoms. The van der Waals surface area contributed by atoms with E-state index in [1.807, 2.05) is 0 Å². The Morgan fingerprint density at radius 3 is 2.32 bits per heavy atom. The minimum atomic E-state index is 0.452. The molecule has 2 heterocycles. The molecule has 2 aliphatic rings. The van der Waals surface area contributed by atoms with Crippen LogP contribution in [-0.2, 0) is 9.47 Å². The van der Waals surface area contributed by atoms with Gasteiger partial charge in [-0.15, -0.1) is 0 Å². The van der Waals surface area contributed by atoms with Gasteiger partial charge < -0.3 is 9.47 Å². The highest BCUT2D eigenvalue weighted by Gasteiger charge is 2.30. The first-order valence-corrected chi connectivity index (χ1v) is 9.54. The minimum absolute atomic E-state index is 0.452. The maximum atomic E-state index is 6.11. The van der Waals surface area contributed by atoms with Gasteiger partial charge in [0, 0.05) is 19.8 Å². The van der Waals surface area contributed by atoms with E-state index in [0.29, 0.717) is 11.5 Å². The van der Waals surface area contributed by atoms with E-state index in [4.69, 9.17) is 9.47 Å². The van der Waals surface area contributed by atoms with Crippen molar-refractivity contribution < 1.29 is 9.47 Å². The van der Waals surface area contributed by atoms with Crippen LogP contribution < -0.4 is 0 Å². The van der Waals surface area contributed by atoms with E-state index in [1.54, 1.807) is 0 Å². The molecule has 0 aromatic carbocycles. The Morgan fingerprint density at radius 2 is 1.68 bits per heavy atom. The topological polar surface area (TPSA) is 18.5 Å². The van der Waals surface area contributed by atoms with Crippen molar-refractivity contribution in [3.05, 3.63) is 0 Å². The quantitative estimate of drug-likeness (QED) is 0.685. The van der Waals surface area contributed by atoms with Gasteiger partial charge in [0.25, 0.3) is 0 Å². The average Bonchev–Trinajstić information content (AvgIpc) is 2.46. The van der Waals surface area contributed by atoms with Crippen molar-refractivity contribution in [1.29, 1.82) is 0 Å². The van der Waals surface area contributed by atoms with E-state index < -0.39 is 0 Å². The van der Waals surface area contributed by atoms with Crippen molar-refractivity contribution in [3.8, 4) is 0 Å². The third kappa shape index (κ3) is 5.85. The van der Waals surface area contributed by atoms with Gasteiger partial charge in [-0.25, -0.2) is 0 Å². The number of hydrogen-bond acceptors (Lipinski definition) is 2. The van der Waals surface area contributed by atoms with Crippen LogP contribution in [-0.4, -0.2) is 25.9 Å². The van der Waals surface area contributed by atoms with Crippen LogP contribution in [0, 0.1) is 29.1 Å². The largest absolute Gasteiger partial charge is 0.381 e. The Hall–Kier alpha value is -0.0800. The van der Waals surface area contributed by atoms with Crippen LogP contribution in [0.3, 0.4) is 0 Å². The molecule has 2 saturated heterocycles. The van der Waals surface area contributed by atoms with Gasteiger partial charge >= 0.3 is 0 Å². The molecule has 4 unspecified atom stereocenters. The molecule has 22 heavy (non-hydrogen) atoms. The van der Waals surface area contributed by atoms with E-state index >= 15 is 0 Å². The Balaban J connectivity index is 1.78. The van der Waals surface area contributed by atoms with Gasteiger partial charge in [-0.05, 0) is 67.6 Å². The predicted octanol–water partition coefficient (Wildman–Crippen LogP) is 5.31. The first-order valence-electron chi connectivity index (χ1n) is 9.54. The lowest BCUT2D eigenvalue weighted by Crippen LogP contribution is -2.32. The number of rotatable bonds is 5. The van der Waals surface area contributed by atoms with E-state index in [9.17, 15) is 0 Å². The molecule has 0 bridgehead atoms. The van der Waals surface area contributed by atoms with Crippen molar-refractivity contribution in [1.82, 2.24) is 0 Å². The smallest absolute Gasteiger partial charge is 0.0580 e. The van der Waals surface area contributed by atoms with Crippen molar-refractivity contribution in [2.24, 2.45) is 29.1 Å². The lowest BCUT2D eigenvalue weighted by atomic mass is 9.75. The van der Waals surface area contributed by atoms with Gasteiger partial charge in [-0.1, -0.05) is 34.6 Å². The molecular formula is C20H38O2. The fourth-order valence-electron chi connectivity index (χ4n) is 4.51. The second-order valence-electron chi connectivity index (χ2n) is 9.17. The molecule has 2 nitrogen and oxygen atoms in total. The molecule has 0 aliphatic carbocycles. The van der Waals surface area contributed by atoms with Crippen molar-refractivity contribution >= 4 is 0 Å². The molecule has 2 rings (SSSR count). The average molecular weight is 311 g/mol. The first-order chi connectivity index (χ1) is 10.3. The Morgan fingerprint density at radius 1 is 1.00 bits per heavy atom. The number of ether oxygens (including phenoxy) is 2. The molecule has 0 N–H and O–H groups in total. The molecule has 0 saturated carbocycles. The van der Waals surface area contributed by atoms with Crippen LogP contribution in [0.1, 0.15) is 73.1 Å². The summed E-state index contributed by atoms with van der Waals surface area (Å²) in [7, 11) is 0. The molecule has 0 aromatic heterocycles. The predicted molar refractivity (Wildman–Crippen MR) is 93.0 cm³/mol. The molecule has 2 fully saturated rings. The zero-order valence-electron chi connectivity index (χ0n) is 15.6. The zero-order chi connectivity index (χ0) is 16.2. The molecule has 0 amide bonds. The summed E-state index contributed by atoms with van der Waals surface area (Å²) in [5.74, 6) is 3.29. The van der Waals surface area contributed by atoms with Gasteiger partial charge in [0.05, 0.1) is 6.10 Å². The molecule has 130 valence electrons. The highest BCUT2D eigenvalue weighted by molar-refractivity contribution is 4.80. The second-order valence-corrected chi connectivity index (χ2v) is 9.17. The highest BCUT2D eigenvalue weighted by atomic mass is 16.5. The molecule has 0 aromatic rings. The minimum Gasteiger partial charge on any atom is -0.381 e. The van der Waals surface area contributed by atoms with Gasteiger partial charge in [-0.3, -0.25) is 0 Å². The summed E-state index contributed by atoms with van der Waals surface area (Å²) in [6.45, 7) is 14.9. The molecule has 2 aliphatic heterocycles. The summed E-state index contributed by atoms with van der Waals surface area (Å²) < 4.78 is 11.6. The van der Waals surface area contributed by atoms with Gasteiger partial charge in [0.2, 0.25) is 0 Å². The van der Waals surface area contributed by atoms with E-state index in [2.05, 4.69) is 34.6 Å². The maximum Gasteiger partial charge on any atom is 0.0580 e. The van der Waals surface area contributed by atoms with Crippen molar-refractivity contribution in [2.45, 2.75) is 79.2 Å². The monoisotopic (exact) mass is 310 g/mol. The molecule has 0 spiro atoms. The SMILES string of the molecule is CC(CC1CC(CC(C)(C)C)CCO1)C(C)C1CCOCC1. The Kier molecular flexibility index (Phi) is 6.76. The van der Waals surface area contributed by atoms with Gasteiger partial charge in [-0.2, -0.15) is 0 Å². The van der Waals surface area contributed by atoms with Crippen LogP contribution in [0.4, 0.5) is 0 Å². The fourth-order valence-corrected chi connectivity index (χ4v) is 4.51. The van der Waals surface area contributed by atoms with Crippen LogP contribution in [0.5, 0.6) is 0 Å². The summed E-state index contributed by atoms with van der Waals surface area (Å²) in [5.41, 5.74) is 0.452. The van der Waals surface area contributed by atoms with Crippen molar-refractivity contribution in [3.63, 3.8) is 0 Å². The van der Waals surface area contributed by atoms with E-state index in [1.165, 1.54) is 38.5 Å².